The average molecular weight is 340 g/mol. The summed E-state index contributed by atoms with van der Waals surface area (Å²) in [5.74, 6) is 2.99. The molecular weight excluding hydrogens is 316 g/mol. The molecule has 3 aromatic rings. The van der Waals surface area contributed by atoms with Crippen molar-refractivity contribution in [3.63, 3.8) is 0 Å². The molecule has 8 nitrogen and oxygen atoms in total. The van der Waals surface area contributed by atoms with Crippen molar-refractivity contribution in [3.8, 4) is 0 Å². The van der Waals surface area contributed by atoms with Gasteiger partial charge in [-0.05, 0) is 26.2 Å². The zero-order valence-corrected chi connectivity index (χ0v) is 15.0. The highest BCUT2D eigenvalue weighted by Crippen LogP contribution is 2.35. The summed E-state index contributed by atoms with van der Waals surface area (Å²) >= 11 is 0. The van der Waals surface area contributed by atoms with E-state index in [0.717, 1.165) is 54.6 Å². The van der Waals surface area contributed by atoms with E-state index in [4.69, 9.17) is 4.98 Å². The number of aromatic amines is 1. The molecule has 4 heterocycles. The highest BCUT2D eigenvalue weighted by atomic mass is 15.3. The van der Waals surface area contributed by atoms with Crippen LogP contribution in [0.3, 0.4) is 0 Å². The Morgan fingerprint density at radius 2 is 2.12 bits per heavy atom. The van der Waals surface area contributed by atoms with Crippen LogP contribution >= 0.6 is 0 Å². The van der Waals surface area contributed by atoms with Crippen LogP contribution in [0, 0.1) is 0 Å². The number of nitrogens with one attached hydrogen (secondary N) is 1. The monoisotopic (exact) mass is 340 g/mol. The van der Waals surface area contributed by atoms with Gasteiger partial charge in [-0.2, -0.15) is 5.10 Å². The van der Waals surface area contributed by atoms with Crippen molar-refractivity contribution in [2.75, 3.05) is 11.4 Å². The third-order valence-electron chi connectivity index (χ3n) is 4.85. The molecule has 1 aliphatic rings. The minimum absolute atomic E-state index is 0.152. The average Bonchev–Trinajstić information content (AvgIpc) is 3.28. The Labute approximate surface area is 146 Å². The second-order valence-electron chi connectivity index (χ2n) is 6.84. The van der Waals surface area contributed by atoms with Crippen LogP contribution in [0.4, 0.5) is 5.82 Å². The predicted molar refractivity (Wildman–Crippen MR) is 95.4 cm³/mol. The Hall–Kier alpha value is -2.51. The summed E-state index contributed by atoms with van der Waals surface area (Å²) in [6.07, 6.45) is 6.83. The van der Waals surface area contributed by atoms with Crippen molar-refractivity contribution in [1.29, 1.82) is 0 Å². The number of aromatic nitrogens is 7. The summed E-state index contributed by atoms with van der Waals surface area (Å²) in [5.41, 5.74) is 1.75. The molecule has 25 heavy (non-hydrogen) atoms. The van der Waals surface area contributed by atoms with E-state index in [1.807, 2.05) is 10.9 Å². The maximum absolute atomic E-state index is 4.73. The molecule has 0 amide bonds. The zero-order chi connectivity index (χ0) is 17.4. The molecule has 1 atom stereocenters. The van der Waals surface area contributed by atoms with Gasteiger partial charge in [0, 0.05) is 19.0 Å². The number of nitrogens with zero attached hydrogens (tertiary/aromatic N) is 7. The number of hydrogen-bond donors (Lipinski definition) is 1. The summed E-state index contributed by atoms with van der Waals surface area (Å²) in [6.45, 7) is 8.09. The maximum atomic E-state index is 4.73. The first-order valence-corrected chi connectivity index (χ1v) is 9.03. The smallest absolute Gasteiger partial charge is 0.165 e. The molecule has 0 spiro atoms. The molecule has 0 saturated carbocycles. The van der Waals surface area contributed by atoms with E-state index in [0.29, 0.717) is 5.92 Å². The lowest BCUT2D eigenvalue weighted by Crippen LogP contribution is -2.35. The normalized spacial score (nSPS) is 18.4. The van der Waals surface area contributed by atoms with Gasteiger partial charge in [0.1, 0.15) is 12.2 Å². The highest BCUT2D eigenvalue weighted by Gasteiger charge is 2.30. The summed E-state index contributed by atoms with van der Waals surface area (Å²) < 4.78 is 2.05. The third kappa shape index (κ3) is 2.75. The predicted octanol–water partition coefficient (Wildman–Crippen LogP) is 2.82. The quantitative estimate of drug-likeness (QED) is 0.785. The highest BCUT2D eigenvalue weighted by molar-refractivity contribution is 5.83. The zero-order valence-electron chi connectivity index (χ0n) is 15.0. The summed E-state index contributed by atoms with van der Waals surface area (Å²) in [6, 6.07) is 0.152. The van der Waals surface area contributed by atoms with Gasteiger partial charge in [-0.15, -0.1) is 0 Å². The number of aryl methyl sites for hydroxylation is 1. The topological polar surface area (TPSA) is 88.4 Å². The summed E-state index contributed by atoms with van der Waals surface area (Å²) in [5, 5.41) is 7.53. The number of fused-ring (bicyclic) bond motifs is 1. The lowest BCUT2D eigenvalue weighted by atomic mass is 10.0. The largest absolute Gasteiger partial charge is 0.344 e. The van der Waals surface area contributed by atoms with Crippen molar-refractivity contribution in [2.45, 2.75) is 58.5 Å². The number of rotatable bonds is 4. The Morgan fingerprint density at radius 3 is 2.88 bits per heavy atom. The first-order chi connectivity index (χ1) is 12.2. The van der Waals surface area contributed by atoms with Crippen molar-refractivity contribution in [2.24, 2.45) is 0 Å². The van der Waals surface area contributed by atoms with Crippen LogP contribution in [-0.4, -0.2) is 41.2 Å². The van der Waals surface area contributed by atoms with Crippen molar-refractivity contribution >= 4 is 17.0 Å². The molecule has 1 N–H and O–H groups in total. The molecule has 4 rings (SSSR count). The number of imidazole rings is 1. The molecule has 1 fully saturated rings. The van der Waals surface area contributed by atoms with E-state index in [1.54, 1.807) is 6.33 Å². The van der Waals surface area contributed by atoms with E-state index in [9.17, 15) is 0 Å². The van der Waals surface area contributed by atoms with Gasteiger partial charge in [-0.3, -0.25) is 5.10 Å². The first kappa shape index (κ1) is 16.0. The third-order valence-corrected chi connectivity index (χ3v) is 4.85. The van der Waals surface area contributed by atoms with Gasteiger partial charge in [0.25, 0.3) is 0 Å². The van der Waals surface area contributed by atoms with Crippen LogP contribution in [0.15, 0.2) is 12.7 Å². The summed E-state index contributed by atoms with van der Waals surface area (Å²) in [4.78, 5) is 20.6. The lowest BCUT2D eigenvalue weighted by Gasteiger charge is -2.35. The van der Waals surface area contributed by atoms with Gasteiger partial charge >= 0.3 is 0 Å². The van der Waals surface area contributed by atoms with E-state index in [1.165, 1.54) is 6.42 Å². The van der Waals surface area contributed by atoms with E-state index in [2.05, 4.69) is 50.8 Å². The van der Waals surface area contributed by atoms with Crippen LogP contribution in [0.1, 0.15) is 63.6 Å². The van der Waals surface area contributed by atoms with E-state index >= 15 is 0 Å². The number of piperidine rings is 1. The van der Waals surface area contributed by atoms with Gasteiger partial charge in [-0.1, -0.05) is 13.8 Å². The Morgan fingerprint density at radius 1 is 1.24 bits per heavy atom. The Bertz CT molecular complexity index is 865. The molecule has 1 unspecified atom stereocenters. The van der Waals surface area contributed by atoms with E-state index < -0.39 is 0 Å². The molecule has 0 aromatic carbocycles. The minimum Gasteiger partial charge on any atom is -0.344 e. The molecule has 3 aromatic heterocycles. The molecule has 0 aliphatic carbocycles. The molecular formula is C17H24N8. The van der Waals surface area contributed by atoms with Crippen LogP contribution in [0.25, 0.3) is 11.2 Å². The summed E-state index contributed by atoms with van der Waals surface area (Å²) in [7, 11) is 0. The molecule has 132 valence electrons. The van der Waals surface area contributed by atoms with Crippen LogP contribution < -0.4 is 4.90 Å². The molecule has 1 aliphatic heterocycles. The van der Waals surface area contributed by atoms with Crippen molar-refractivity contribution in [1.82, 2.24) is 34.7 Å². The van der Waals surface area contributed by atoms with Gasteiger partial charge in [0.2, 0.25) is 0 Å². The maximum Gasteiger partial charge on any atom is 0.165 e. The SMILES string of the molecule is CCn1cnc2c(N3CCCCC3c3nc(C(C)C)n[nH]3)ncnc21. The number of H-pyrrole nitrogens is 1. The van der Waals surface area contributed by atoms with Crippen LogP contribution in [0.2, 0.25) is 0 Å². The fraction of sp³-hybridized carbons (Fsp3) is 0.588. The van der Waals surface area contributed by atoms with Crippen molar-refractivity contribution in [3.05, 3.63) is 24.3 Å². The van der Waals surface area contributed by atoms with Crippen LogP contribution in [0.5, 0.6) is 0 Å². The van der Waals surface area contributed by atoms with Gasteiger partial charge in [-0.25, -0.2) is 19.9 Å². The Kier molecular flexibility index (Phi) is 4.10. The van der Waals surface area contributed by atoms with Gasteiger partial charge in [0.15, 0.2) is 22.8 Å². The fourth-order valence-corrected chi connectivity index (χ4v) is 3.47. The fourth-order valence-electron chi connectivity index (χ4n) is 3.47. The molecule has 1 saturated heterocycles. The minimum atomic E-state index is 0.152. The lowest BCUT2D eigenvalue weighted by molar-refractivity contribution is 0.454. The number of anilines is 1. The molecule has 0 radical (unpaired) electrons. The second kappa shape index (κ2) is 6.42. The van der Waals surface area contributed by atoms with Crippen molar-refractivity contribution < 1.29 is 0 Å². The van der Waals surface area contributed by atoms with Crippen LogP contribution in [-0.2, 0) is 6.54 Å². The first-order valence-electron chi connectivity index (χ1n) is 9.03. The van der Waals surface area contributed by atoms with Gasteiger partial charge in [0.05, 0.1) is 12.4 Å². The Balaban J connectivity index is 1.75. The van der Waals surface area contributed by atoms with E-state index in [-0.39, 0.29) is 6.04 Å². The second-order valence-corrected chi connectivity index (χ2v) is 6.84. The standard InChI is InChI=1S/C17H24N8/c1-4-24-10-20-13-16(24)18-9-19-17(13)25-8-6-5-7-12(25)15-21-14(11(2)3)22-23-15/h9-12H,4-8H2,1-3H3,(H,21,22,23). The molecule has 0 bridgehead atoms. The molecule has 8 heteroatoms. The number of hydrogen-bond acceptors (Lipinski definition) is 6. The van der Waals surface area contributed by atoms with Gasteiger partial charge < -0.3 is 9.47 Å².